The highest BCUT2D eigenvalue weighted by Gasteiger charge is 2.77. The van der Waals surface area contributed by atoms with E-state index in [1.165, 1.54) is 0 Å². The monoisotopic (exact) mass is 663 g/mol. The molecule has 5 rings (SSSR count). The Morgan fingerprint density at radius 2 is 1.73 bits per heavy atom. The maximum Gasteiger partial charge on any atom is 0.249 e. The van der Waals surface area contributed by atoms with Gasteiger partial charge in [0, 0.05) is 30.1 Å². The number of alkyl halides is 1. The van der Waals surface area contributed by atoms with Crippen molar-refractivity contribution in [3.8, 4) is 0 Å². The highest BCUT2D eigenvalue weighted by Crippen LogP contribution is 2.61. The number of benzene rings is 2. The first kappa shape index (κ1) is 32.1. The summed E-state index contributed by atoms with van der Waals surface area (Å²) in [6.07, 6.45) is 3.83. The van der Waals surface area contributed by atoms with Crippen molar-refractivity contribution >= 4 is 39.3 Å². The minimum atomic E-state index is -1.24. The molecule has 44 heavy (non-hydrogen) atoms. The van der Waals surface area contributed by atoms with Crippen LogP contribution in [-0.4, -0.2) is 80.9 Å². The van der Waals surface area contributed by atoms with E-state index < -0.39 is 35.6 Å². The van der Waals surface area contributed by atoms with Crippen LogP contribution in [0.3, 0.4) is 0 Å². The largest absolute Gasteiger partial charge is 0.394 e. The number of hydrogen-bond acceptors (Lipinski definition) is 5. The molecule has 2 bridgehead atoms. The third-order valence-electron chi connectivity index (χ3n) is 9.61. The fraction of sp³-hybridized carbons (Fsp3) is 0.457. The molecule has 3 heterocycles. The van der Waals surface area contributed by atoms with Crippen molar-refractivity contribution in [3.63, 3.8) is 0 Å². The number of fused-ring (bicyclic) bond motifs is 1. The lowest BCUT2D eigenvalue weighted by Gasteiger charge is -2.41. The molecule has 1 spiro atoms. The molecule has 2 aromatic carbocycles. The highest BCUT2D eigenvalue weighted by molar-refractivity contribution is 9.09. The van der Waals surface area contributed by atoms with Gasteiger partial charge in [0.05, 0.1) is 30.6 Å². The number of nitrogens with zero attached hydrogens (tertiary/aromatic N) is 3. The summed E-state index contributed by atoms with van der Waals surface area (Å²) < 4.78 is 6.78. The van der Waals surface area contributed by atoms with Crippen LogP contribution >= 0.6 is 15.9 Å². The molecule has 8 nitrogen and oxygen atoms in total. The summed E-state index contributed by atoms with van der Waals surface area (Å²) in [7, 11) is 0. The van der Waals surface area contributed by atoms with E-state index in [1.807, 2.05) is 74.5 Å². The van der Waals surface area contributed by atoms with Crippen LogP contribution in [-0.2, 0) is 25.7 Å². The smallest absolute Gasteiger partial charge is 0.249 e. The minimum absolute atomic E-state index is 0.0934. The molecular weight excluding hydrogens is 622 g/mol. The van der Waals surface area contributed by atoms with Crippen molar-refractivity contribution in [2.24, 2.45) is 17.8 Å². The predicted octanol–water partition coefficient (Wildman–Crippen LogP) is 4.58. The Morgan fingerprint density at radius 1 is 1.09 bits per heavy atom. The van der Waals surface area contributed by atoms with Crippen molar-refractivity contribution in [3.05, 3.63) is 91.5 Å². The summed E-state index contributed by atoms with van der Waals surface area (Å²) in [6, 6.07) is 17.4. The Kier molecular flexibility index (Phi) is 9.77. The molecular formula is C35H42BrN3O5. The van der Waals surface area contributed by atoms with Crippen LogP contribution in [0.5, 0.6) is 0 Å². The predicted molar refractivity (Wildman–Crippen MR) is 174 cm³/mol. The van der Waals surface area contributed by atoms with Crippen LogP contribution in [0, 0.1) is 17.8 Å². The number of anilines is 1. The average Bonchev–Trinajstić information content (AvgIpc) is 3.63. The van der Waals surface area contributed by atoms with Crippen molar-refractivity contribution in [2.45, 2.75) is 61.8 Å². The second kappa shape index (κ2) is 13.4. The van der Waals surface area contributed by atoms with Crippen LogP contribution in [0.4, 0.5) is 5.69 Å². The highest BCUT2D eigenvalue weighted by atomic mass is 79.9. The van der Waals surface area contributed by atoms with Gasteiger partial charge in [0.2, 0.25) is 17.7 Å². The Balaban J connectivity index is 1.61. The quantitative estimate of drug-likeness (QED) is 0.250. The zero-order chi connectivity index (χ0) is 31.6. The Hall–Kier alpha value is -3.27. The van der Waals surface area contributed by atoms with Crippen molar-refractivity contribution < 1.29 is 24.2 Å². The maximum absolute atomic E-state index is 14.8. The number of amides is 3. The number of hydrogen-bond donors (Lipinski definition) is 1. The van der Waals surface area contributed by atoms with Gasteiger partial charge in [-0.2, -0.15) is 0 Å². The number of rotatable bonds is 13. The van der Waals surface area contributed by atoms with Gasteiger partial charge in [-0.05, 0) is 30.0 Å². The van der Waals surface area contributed by atoms with Crippen LogP contribution < -0.4 is 4.90 Å². The van der Waals surface area contributed by atoms with Crippen molar-refractivity contribution in [1.29, 1.82) is 0 Å². The Labute approximate surface area is 268 Å². The molecule has 3 saturated heterocycles. The van der Waals surface area contributed by atoms with E-state index in [9.17, 15) is 19.5 Å². The number of aliphatic hydroxyl groups excluding tert-OH is 1. The van der Waals surface area contributed by atoms with Gasteiger partial charge in [0.25, 0.3) is 0 Å². The van der Waals surface area contributed by atoms with Gasteiger partial charge in [0.1, 0.15) is 11.6 Å². The van der Waals surface area contributed by atoms with E-state index in [0.29, 0.717) is 25.1 Å². The first-order valence-electron chi connectivity index (χ1n) is 15.4. The molecule has 8 atom stereocenters. The molecule has 3 aliphatic rings. The molecule has 2 aromatic rings. The molecule has 3 unspecified atom stereocenters. The summed E-state index contributed by atoms with van der Waals surface area (Å²) in [4.78, 5) is 48.7. The molecule has 0 aliphatic carbocycles. The second-order valence-electron chi connectivity index (χ2n) is 12.1. The van der Waals surface area contributed by atoms with E-state index in [0.717, 1.165) is 5.56 Å². The normalized spacial score (nSPS) is 28.3. The Morgan fingerprint density at radius 3 is 2.32 bits per heavy atom. The standard InChI is InChI=1S/C35H42BrN3O5/c1-5-18-37(21-24-14-10-8-11-15-24)34(43)31-35-20-26(36)30(44-35)28(29(35)33(42)39(31)27(22-40)23(4)7-3)32(41)38(19-6-2)25-16-12-9-13-17-25/h5-6,8-17,23,26-31,40H,1-2,7,18-22H2,3-4H3/t23-,26?,27-,28+,29-,30+,31?,35?/m0/s1. The summed E-state index contributed by atoms with van der Waals surface area (Å²) in [5, 5.41) is 10.7. The van der Waals surface area contributed by atoms with Crippen molar-refractivity contribution in [1.82, 2.24) is 9.80 Å². The van der Waals surface area contributed by atoms with Crippen LogP contribution in [0.2, 0.25) is 0 Å². The van der Waals surface area contributed by atoms with Gasteiger partial charge in [-0.25, -0.2) is 0 Å². The van der Waals surface area contributed by atoms with Crippen LogP contribution in [0.1, 0.15) is 32.3 Å². The molecule has 3 amide bonds. The van der Waals surface area contributed by atoms with Gasteiger partial charge in [-0.1, -0.05) is 96.9 Å². The van der Waals surface area contributed by atoms with Gasteiger partial charge in [-0.3, -0.25) is 14.4 Å². The molecule has 1 N–H and O–H groups in total. The lowest BCUT2D eigenvalue weighted by atomic mass is 9.70. The molecule has 0 aromatic heterocycles. The topological polar surface area (TPSA) is 90.4 Å². The van der Waals surface area contributed by atoms with Crippen molar-refractivity contribution in [2.75, 3.05) is 24.6 Å². The molecule has 0 saturated carbocycles. The third-order valence-corrected chi connectivity index (χ3v) is 10.5. The number of ether oxygens (including phenoxy) is 1. The summed E-state index contributed by atoms with van der Waals surface area (Å²) in [6.45, 7) is 12.3. The molecule has 234 valence electrons. The summed E-state index contributed by atoms with van der Waals surface area (Å²) >= 11 is 3.78. The maximum atomic E-state index is 14.8. The van der Waals surface area contributed by atoms with Gasteiger partial charge < -0.3 is 24.5 Å². The molecule has 9 heteroatoms. The second-order valence-corrected chi connectivity index (χ2v) is 13.3. The number of para-hydroxylation sites is 1. The fourth-order valence-electron chi connectivity index (χ4n) is 7.41. The van der Waals surface area contributed by atoms with E-state index in [4.69, 9.17) is 4.74 Å². The van der Waals surface area contributed by atoms with Crippen LogP contribution in [0.25, 0.3) is 0 Å². The van der Waals surface area contributed by atoms with Gasteiger partial charge in [0.15, 0.2) is 0 Å². The van der Waals surface area contributed by atoms with E-state index >= 15 is 0 Å². The zero-order valence-corrected chi connectivity index (χ0v) is 27.0. The number of likely N-dealkylation sites (tertiary alicyclic amines) is 1. The first-order valence-corrected chi connectivity index (χ1v) is 16.3. The zero-order valence-electron chi connectivity index (χ0n) is 25.4. The van der Waals surface area contributed by atoms with Gasteiger partial charge >= 0.3 is 0 Å². The summed E-state index contributed by atoms with van der Waals surface area (Å²) in [5.74, 6) is -2.61. The van der Waals surface area contributed by atoms with E-state index in [2.05, 4.69) is 29.1 Å². The van der Waals surface area contributed by atoms with Crippen LogP contribution in [0.15, 0.2) is 86.0 Å². The van der Waals surface area contributed by atoms with Gasteiger partial charge in [-0.15, -0.1) is 13.2 Å². The molecule has 0 radical (unpaired) electrons. The first-order chi connectivity index (χ1) is 21.2. The number of aliphatic hydroxyl groups is 1. The Bertz CT molecular complexity index is 1370. The fourth-order valence-corrected chi connectivity index (χ4v) is 8.35. The lowest BCUT2D eigenvalue weighted by Crippen LogP contribution is -2.59. The van der Waals surface area contributed by atoms with E-state index in [-0.39, 0.29) is 48.2 Å². The molecule has 3 aliphatic heterocycles. The minimum Gasteiger partial charge on any atom is -0.394 e. The number of carbonyl (C=O) groups excluding carboxylic acids is 3. The average molecular weight is 665 g/mol. The third kappa shape index (κ3) is 5.43. The lowest BCUT2D eigenvalue weighted by molar-refractivity contribution is -0.152. The number of carbonyl (C=O) groups is 3. The van der Waals surface area contributed by atoms with E-state index in [1.54, 1.807) is 26.9 Å². The SMILES string of the molecule is C=CCN(Cc1ccccc1)C(=O)C1N([C@@H](CO)[C@@H](C)CC)C(=O)[C@@H]2[C@@H](C(=O)N(CC=C)c3ccccc3)[C@@H]3OC12CC3Br. The molecule has 3 fully saturated rings. The number of halogens is 1. The summed E-state index contributed by atoms with van der Waals surface area (Å²) in [5.41, 5.74) is 0.406.